The van der Waals surface area contributed by atoms with Crippen LogP contribution in [0.15, 0.2) is 66.7 Å². The molecule has 0 atom stereocenters. The molecule has 1 heterocycles. The van der Waals surface area contributed by atoms with Crippen LogP contribution >= 0.6 is 0 Å². The molecule has 0 spiro atoms. The summed E-state index contributed by atoms with van der Waals surface area (Å²) in [6.07, 6.45) is 0.771. The largest absolute Gasteiger partial charge is 0.454 e. The van der Waals surface area contributed by atoms with Crippen LogP contribution in [0.3, 0.4) is 0 Å². The molecule has 0 radical (unpaired) electrons. The number of nitrogens with one attached hydrogen (secondary N) is 1. The average molecular weight is 390 g/mol. The van der Waals surface area contributed by atoms with Gasteiger partial charge in [0, 0.05) is 11.3 Å². The number of anilines is 1. The number of hydrogen-bond acceptors (Lipinski definition) is 5. The van der Waals surface area contributed by atoms with E-state index in [0.29, 0.717) is 17.9 Å². The molecule has 0 fully saturated rings. The number of benzene rings is 3. The van der Waals surface area contributed by atoms with E-state index in [1.54, 1.807) is 34.6 Å². The first-order valence-corrected chi connectivity index (χ1v) is 8.93. The van der Waals surface area contributed by atoms with Crippen LogP contribution in [0.5, 0.6) is 11.5 Å². The van der Waals surface area contributed by atoms with E-state index in [2.05, 4.69) is 0 Å². The molecule has 2 N–H and O–H groups in total. The van der Waals surface area contributed by atoms with Crippen molar-refractivity contribution < 1.29 is 24.3 Å². The van der Waals surface area contributed by atoms with Crippen molar-refractivity contribution in [2.45, 2.75) is 6.54 Å². The number of hydroxylamine groups is 1. The average Bonchev–Trinajstić information content (AvgIpc) is 3.25. The van der Waals surface area contributed by atoms with Gasteiger partial charge in [-0.25, -0.2) is 5.48 Å². The summed E-state index contributed by atoms with van der Waals surface area (Å²) >= 11 is 0. The summed E-state index contributed by atoms with van der Waals surface area (Å²) in [6.45, 7) is 0.561. The van der Waals surface area contributed by atoms with E-state index in [4.69, 9.17) is 14.7 Å². The van der Waals surface area contributed by atoms with Gasteiger partial charge < -0.3 is 14.4 Å². The zero-order chi connectivity index (χ0) is 20.2. The molecule has 7 heteroatoms. The van der Waals surface area contributed by atoms with Crippen molar-refractivity contribution in [2.75, 3.05) is 11.7 Å². The van der Waals surface area contributed by atoms with Gasteiger partial charge in [0.2, 0.25) is 13.2 Å². The van der Waals surface area contributed by atoms with E-state index in [0.717, 1.165) is 34.5 Å². The normalized spacial score (nSPS) is 11.8. The van der Waals surface area contributed by atoms with Gasteiger partial charge in [-0.2, -0.15) is 0 Å². The van der Waals surface area contributed by atoms with Crippen LogP contribution < -0.4 is 19.9 Å². The molecule has 2 amide bonds. The van der Waals surface area contributed by atoms with E-state index < -0.39 is 5.91 Å². The van der Waals surface area contributed by atoms with Crippen molar-refractivity contribution in [2.24, 2.45) is 0 Å². The highest BCUT2D eigenvalue weighted by Gasteiger charge is 2.15. The van der Waals surface area contributed by atoms with Crippen molar-refractivity contribution >= 4 is 18.0 Å². The third-order valence-electron chi connectivity index (χ3n) is 4.68. The van der Waals surface area contributed by atoms with Gasteiger partial charge in [0.05, 0.1) is 6.54 Å². The fraction of sp³-hybridized carbons (Fsp3) is 0.0909. The highest BCUT2D eigenvalue weighted by molar-refractivity contribution is 5.93. The maximum atomic E-state index is 11.7. The Morgan fingerprint density at radius 2 is 1.76 bits per heavy atom. The summed E-state index contributed by atoms with van der Waals surface area (Å²) in [5.74, 6) is 0.838. The molecule has 1 aliphatic rings. The van der Waals surface area contributed by atoms with Gasteiger partial charge >= 0.3 is 0 Å². The lowest BCUT2D eigenvalue weighted by molar-refractivity contribution is -0.107. The number of carbonyl (C=O) groups is 2. The van der Waals surface area contributed by atoms with Gasteiger partial charge in [-0.1, -0.05) is 30.3 Å². The summed E-state index contributed by atoms with van der Waals surface area (Å²) in [5.41, 5.74) is 5.42. The second-order valence-corrected chi connectivity index (χ2v) is 6.49. The fourth-order valence-electron chi connectivity index (χ4n) is 3.15. The molecule has 7 nitrogen and oxygen atoms in total. The van der Waals surface area contributed by atoms with Gasteiger partial charge in [0.25, 0.3) is 5.91 Å². The summed E-state index contributed by atoms with van der Waals surface area (Å²) in [7, 11) is 0. The molecule has 146 valence electrons. The lowest BCUT2D eigenvalue weighted by atomic mass is 10.0. The van der Waals surface area contributed by atoms with Crippen LogP contribution in [0.2, 0.25) is 0 Å². The van der Waals surface area contributed by atoms with E-state index >= 15 is 0 Å². The van der Waals surface area contributed by atoms with Crippen LogP contribution in [-0.4, -0.2) is 24.3 Å². The Hall–Kier alpha value is -3.84. The Morgan fingerprint density at radius 3 is 2.52 bits per heavy atom. The van der Waals surface area contributed by atoms with Crippen molar-refractivity contribution in [3.05, 3.63) is 77.9 Å². The van der Waals surface area contributed by atoms with Gasteiger partial charge in [-0.3, -0.25) is 14.8 Å². The van der Waals surface area contributed by atoms with Crippen molar-refractivity contribution in [3.8, 4) is 22.6 Å². The Kier molecular flexibility index (Phi) is 5.13. The lowest BCUT2D eigenvalue weighted by Gasteiger charge is -2.19. The summed E-state index contributed by atoms with van der Waals surface area (Å²) < 4.78 is 10.8. The van der Waals surface area contributed by atoms with Crippen LogP contribution in [-0.2, 0) is 11.3 Å². The van der Waals surface area contributed by atoms with Crippen LogP contribution in [0.25, 0.3) is 11.1 Å². The Bertz CT molecular complexity index is 1050. The molecular formula is C22H18N2O5. The summed E-state index contributed by atoms with van der Waals surface area (Å²) in [5, 5.41) is 8.69. The molecule has 0 saturated heterocycles. The van der Waals surface area contributed by atoms with E-state index in [1.165, 1.54) is 0 Å². The molecule has 3 aromatic rings. The van der Waals surface area contributed by atoms with Crippen molar-refractivity contribution in [1.82, 2.24) is 5.48 Å². The summed E-state index contributed by atoms with van der Waals surface area (Å²) in [4.78, 5) is 24.7. The van der Waals surface area contributed by atoms with Crippen LogP contribution in [0, 0.1) is 0 Å². The third kappa shape index (κ3) is 3.90. The number of amides is 2. The van der Waals surface area contributed by atoms with E-state index in [1.807, 2.05) is 42.5 Å². The van der Waals surface area contributed by atoms with Gasteiger partial charge in [0.15, 0.2) is 11.5 Å². The predicted molar refractivity (Wildman–Crippen MR) is 106 cm³/mol. The Morgan fingerprint density at radius 1 is 1.00 bits per heavy atom. The molecule has 0 bridgehead atoms. The second-order valence-electron chi connectivity index (χ2n) is 6.49. The minimum atomic E-state index is -0.583. The topological polar surface area (TPSA) is 88.1 Å². The number of nitrogens with zero attached hydrogens (tertiary/aromatic N) is 1. The molecule has 1 aliphatic heterocycles. The molecule has 0 aliphatic carbocycles. The first-order chi connectivity index (χ1) is 14.2. The minimum absolute atomic E-state index is 0.219. The maximum absolute atomic E-state index is 11.7. The molecule has 3 aromatic carbocycles. The minimum Gasteiger partial charge on any atom is -0.454 e. The third-order valence-corrected chi connectivity index (χ3v) is 4.68. The smallest absolute Gasteiger partial charge is 0.274 e. The Labute approximate surface area is 167 Å². The molecular weight excluding hydrogens is 372 g/mol. The number of ether oxygens (including phenoxy) is 2. The fourth-order valence-corrected chi connectivity index (χ4v) is 3.15. The Balaban J connectivity index is 1.56. The van der Waals surface area contributed by atoms with Gasteiger partial charge in [-0.05, 0) is 53.1 Å². The monoisotopic (exact) mass is 390 g/mol. The number of rotatable bonds is 6. The summed E-state index contributed by atoms with van der Waals surface area (Å²) in [6, 6.07) is 20.0. The number of carbonyl (C=O) groups excluding carboxylic acids is 2. The van der Waals surface area contributed by atoms with Gasteiger partial charge in [-0.15, -0.1) is 0 Å². The zero-order valence-electron chi connectivity index (χ0n) is 15.4. The maximum Gasteiger partial charge on any atom is 0.274 e. The van der Waals surface area contributed by atoms with Crippen LogP contribution in [0.4, 0.5) is 5.69 Å². The molecule has 0 saturated carbocycles. The quantitative estimate of drug-likeness (QED) is 0.383. The zero-order valence-corrected chi connectivity index (χ0v) is 15.4. The molecule has 0 aromatic heterocycles. The van der Waals surface area contributed by atoms with E-state index in [-0.39, 0.29) is 6.79 Å². The highest BCUT2D eigenvalue weighted by Crippen LogP contribution is 2.36. The highest BCUT2D eigenvalue weighted by atomic mass is 16.7. The number of hydrogen-bond donors (Lipinski definition) is 2. The lowest BCUT2D eigenvalue weighted by Crippen LogP contribution is -2.21. The van der Waals surface area contributed by atoms with E-state index in [9.17, 15) is 9.59 Å². The van der Waals surface area contributed by atoms with Gasteiger partial charge in [0.1, 0.15) is 0 Å². The standard InChI is InChI=1S/C22H18N2O5/c25-13-24(12-15-4-6-16(7-5-15)22(26)23-27)19-3-1-2-17(10-19)18-8-9-20-21(11-18)29-14-28-20/h1-11,13,27H,12,14H2,(H,23,26). The predicted octanol–water partition coefficient (Wildman–Crippen LogP) is 3.36. The molecule has 4 rings (SSSR count). The molecule has 29 heavy (non-hydrogen) atoms. The molecule has 0 unspecified atom stereocenters. The second kappa shape index (κ2) is 8.04. The first-order valence-electron chi connectivity index (χ1n) is 8.93. The van der Waals surface area contributed by atoms with Crippen molar-refractivity contribution in [1.29, 1.82) is 0 Å². The first kappa shape index (κ1) is 18.5. The number of fused-ring (bicyclic) bond motifs is 1. The SMILES string of the molecule is O=CN(Cc1ccc(C(=O)NO)cc1)c1cccc(-c2ccc3c(c2)OCO3)c1. The van der Waals surface area contributed by atoms with Crippen LogP contribution in [0.1, 0.15) is 15.9 Å². The van der Waals surface area contributed by atoms with Crippen molar-refractivity contribution in [3.63, 3.8) is 0 Å².